The first-order chi connectivity index (χ1) is 39.2. The molecule has 0 aliphatic carbocycles. The highest BCUT2D eigenvalue weighted by atomic mass is 16.6. The molecule has 0 radical (unpaired) electrons. The number of rotatable bonds is 64. The number of carbonyl (C=O) groups excluding carboxylic acids is 5. The van der Waals surface area contributed by atoms with Gasteiger partial charge in [0.05, 0.1) is 0 Å². The predicted molar refractivity (Wildman–Crippen MR) is 334 cm³/mol. The fraction of sp³-hybridized carbons (Fsp3) is 0.929. The standard InChI is InChI=1S/C70H132O10/c1-6-11-16-21-26-31-36-41-46-51-56-65(71)76-61-63(78-67(73)58-53-48-43-38-33-28-23-18-13-8-3)70(80-69(75)60-55-50-45-40-35-30-25-20-15-10-5)64(79-68(74)59-54-49-44-39-34-29-24-19-14-9-4)62-77-66(72)57-52-47-42-37-32-27-22-17-12-7-2/h63-64,70H,6-62H2,1-5H3/t63-,64+,70?. The Morgan fingerprint density at radius 3 is 0.575 bits per heavy atom. The summed E-state index contributed by atoms with van der Waals surface area (Å²) in [6.07, 6.45) is 53.1. The molecular formula is C70H132O10. The minimum absolute atomic E-state index is 0.128. The normalized spacial score (nSPS) is 12.5. The van der Waals surface area contributed by atoms with E-state index in [0.29, 0.717) is 32.1 Å². The Morgan fingerprint density at radius 1 is 0.212 bits per heavy atom. The zero-order valence-electron chi connectivity index (χ0n) is 53.6. The zero-order chi connectivity index (χ0) is 58.5. The Balaban J connectivity index is 6.41. The molecule has 0 aliphatic rings. The monoisotopic (exact) mass is 1130 g/mol. The van der Waals surface area contributed by atoms with Gasteiger partial charge in [0.15, 0.2) is 18.3 Å². The highest BCUT2D eigenvalue weighted by molar-refractivity contribution is 5.72. The predicted octanol–water partition coefficient (Wildman–Crippen LogP) is 21.4. The summed E-state index contributed by atoms with van der Waals surface area (Å²) in [6, 6.07) is 0. The number of unbranched alkanes of at least 4 members (excludes halogenated alkanes) is 45. The maximum absolute atomic E-state index is 14.0. The lowest BCUT2D eigenvalue weighted by Crippen LogP contribution is -2.50. The van der Waals surface area contributed by atoms with E-state index in [9.17, 15) is 24.0 Å². The molecular weight excluding hydrogens is 1000 g/mol. The van der Waals surface area contributed by atoms with Gasteiger partial charge in [0.2, 0.25) is 0 Å². The van der Waals surface area contributed by atoms with Crippen LogP contribution in [0.5, 0.6) is 0 Å². The number of carbonyl (C=O) groups is 5. The first-order valence-corrected chi connectivity index (χ1v) is 35.1. The van der Waals surface area contributed by atoms with Crippen molar-refractivity contribution in [3.05, 3.63) is 0 Å². The summed E-state index contributed by atoms with van der Waals surface area (Å²) in [5, 5.41) is 0. The van der Waals surface area contributed by atoms with Gasteiger partial charge in [-0.15, -0.1) is 0 Å². The van der Waals surface area contributed by atoms with Crippen LogP contribution < -0.4 is 0 Å². The summed E-state index contributed by atoms with van der Waals surface area (Å²) in [4.78, 5) is 68.6. The Labute approximate surface area is 494 Å². The van der Waals surface area contributed by atoms with Crippen molar-refractivity contribution >= 4 is 29.8 Å². The second-order valence-electron chi connectivity index (χ2n) is 24.0. The summed E-state index contributed by atoms with van der Waals surface area (Å²) < 4.78 is 30.5. The first-order valence-electron chi connectivity index (χ1n) is 35.1. The minimum atomic E-state index is -1.37. The molecule has 0 heterocycles. The number of ether oxygens (including phenoxy) is 5. The van der Waals surface area contributed by atoms with E-state index in [2.05, 4.69) is 34.6 Å². The van der Waals surface area contributed by atoms with Crippen LogP contribution >= 0.6 is 0 Å². The third-order valence-corrected chi connectivity index (χ3v) is 16.1. The van der Waals surface area contributed by atoms with E-state index in [1.54, 1.807) is 0 Å². The molecule has 3 atom stereocenters. The lowest BCUT2D eigenvalue weighted by Gasteiger charge is -2.32. The van der Waals surface area contributed by atoms with E-state index in [4.69, 9.17) is 23.7 Å². The lowest BCUT2D eigenvalue weighted by molar-refractivity contribution is -0.197. The average Bonchev–Trinajstić information content (AvgIpc) is 3.45. The van der Waals surface area contributed by atoms with E-state index < -0.39 is 48.2 Å². The van der Waals surface area contributed by atoms with Crippen LogP contribution in [-0.2, 0) is 47.7 Å². The summed E-state index contributed by atoms with van der Waals surface area (Å²) in [6.45, 7) is 10.4. The third-order valence-electron chi connectivity index (χ3n) is 16.1. The van der Waals surface area contributed by atoms with Gasteiger partial charge < -0.3 is 23.7 Å². The molecule has 0 N–H and O–H groups in total. The largest absolute Gasteiger partial charge is 0.462 e. The molecule has 0 fully saturated rings. The molecule has 10 heteroatoms. The average molecular weight is 1130 g/mol. The molecule has 0 amide bonds. The summed E-state index contributed by atoms with van der Waals surface area (Å²) in [5.41, 5.74) is 0. The molecule has 10 nitrogen and oxygen atoms in total. The molecule has 472 valence electrons. The number of hydrogen-bond acceptors (Lipinski definition) is 10. The lowest BCUT2D eigenvalue weighted by atomic mass is 10.0. The fourth-order valence-electron chi connectivity index (χ4n) is 10.7. The number of hydrogen-bond donors (Lipinski definition) is 0. The first kappa shape index (κ1) is 77.3. The third kappa shape index (κ3) is 54.6. The van der Waals surface area contributed by atoms with Gasteiger partial charge in [0.1, 0.15) is 13.2 Å². The van der Waals surface area contributed by atoms with Crippen molar-refractivity contribution in [1.29, 1.82) is 0 Å². The fourth-order valence-corrected chi connectivity index (χ4v) is 10.7. The van der Waals surface area contributed by atoms with Gasteiger partial charge >= 0.3 is 29.8 Å². The topological polar surface area (TPSA) is 132 Å². The van der Waals surface area contributed by atoms with Crippen LogP contribution in [0.4, 0.5) is 0 Å². The van der Waals surface area contributed by atoms with Crippen LogP contribution in [0, 0.1) is 0 Å². The van der Waals surface area contributed by atoms with E-state index >= 15 is 0 Å². The Morgan fingerprint density at radius 2 is 0.375 bits per heavy atom. The van der Waals surface area contributed by atoms with E-state index in [1.165, 1.54) is 193 Å². The van der Waals surface area contributed by atoms with Crippen molar-refractivity contribution in [1.82, 2.24) is 0 Å². The maximum Gasteiger partial charge on any atom is 0.306 e. The van der Waals surface area contributed by atoms with Crippen molar-refractivity contribution in [3.8, 4) is 0 Å². The Kier molecular flexibility index (Phi) is 60.3. The molecule has 0 bridgehead atoms. The molecule has 0 aromatic heterocycles. The van der Waals surface area contributed by atoms with Crippen LogP contribution in [0.3, 0.4) is 0 Å². The van der Waals surface area contributed by atoms with Crippen LogP contribution in [0.15, 0.2) is 0 Å². The molecule has 0 aromatic carbocycles. The zero-order valence-corrected chi connectivity index (χ0v) is 53.6. The van der Waals surface area contributed by atoms with Gasteiger partial charge in [0, 0.05) is 32.1 Å². The van der Waals surface area contributed by atoms with Crippen molar-refractivity contribution in [2.45, 2.75) is 406 Å². The minimum Gasteiger partial charge on any atom is -0.462 e. The van der Waals surface area contributed by atoms with E-state index in [-0.39, 0.29) is 45.3 Å². The van der Waals surface area contributed by atoms with Crippen LogP contribution in [0.1, 0.15) is 388 Å². The van der Waals surface area contributed by atoms with Gasteiger partial charge in [-0.1, -0.05) is 324 Å². The van der Waals surface area contributed by atoms with Gasteiger partial charge in [-0.2, -0.15) is 0 Å². The maximum atomic E-state index is 14.0. The van der Waals surface area contributed by atoms with Gasteiger partial charge in [-0.25, -0.2) is 0 Å². The highest BCUT2D eigenvalue weighted by Crippen LogP contribution is 2.22. The summed E-state index contributed by atoms with van der Waals surface area (Å²) >= 11 is 0. The second kappa shape index (κ2) is 62.4. The number of esters is 5. The van der Waals surface area contributed by atoms with Gasteiger partial charge in [0.25, 0.3) is 0 Å². The van der Waals surface area contributed by atoms with E-state index in [1.807, 2.05) is 0 Å². The molecule has 0 saturated heterocycles. The van der Waals surface area contributed by atoms with E-state index in [0.717, 1.165) is 96.3 Å². The molecule has 0 aliphatic heterocycles. The molecule has 0 saturated carbocycles. The molecule has 0 rings (SSSR count). The van der Waals surface area contributed by atoms with Crippen LogP contribution in [0.2, 0.25) is 0 Å². The quantitative estimate of drug-likeness (QED) is 0.0329. The summed E-state index contributed by atoms with van der Waals surface area (Å²) in [7, 11) is 0. The van der Waals surface area contributed by atoms with Gasteiger partial charge in [-0.05, 0) is 32.1 Å². The molecule has 80 heavy (non-hydrogen) atoms. The Bertz CT molecular complexity index is 1290. The van der Waals surface area contributed by atoms with Crippen molar-refractivity contribution in [3.63, 3.8) is 0 Å². The van der Waals surface area contributed by atoms with Crippen molar-refractivity contribution in [2.24, 2.45) is 0 Å². The van der Waals surface area contributed by atoms with Gasteiger partial charge in [-0.3, -0.25) is 24.0 Å². The highest BCUT2D eigenvalue weighted by Gasteiger charge is 2.40. The van der Waals surface area contributed by atoms with Crippen molar-refractivity contribution < 1.29 is 47.7 Å². The molecule has 1 unspecified atom stereocenters. The molecule has 0 aromatic rings. The molecule has 0 spiro atoms. The Hall–Kier alpha value is -2.65. The SMILES string of the molecule is CCCCCCCCCCCCC(=O)OC[C@H](OC(=O)CCCCCCCCCCCC)C(OC(=O)CCCCCCCCCCCC)[C@@H](COC(=O)CCCCCCCCCCCC)OC(=O)CCCCCCCCCCCC. The smallest absolute Gasteiger partial charge is 0.306 e. The summed E-state index contributed by atoms with van der Waals surface area (Å²) in [5.74, 6) is -2.36. The van der Waals surface area contributed by atoms with Crippen LogP contribution in [-0.4, -0.2) is 61.4 Å². The van der Waals surface area contributed by atoms with Crippen molar-refractivity contribution in [2.75, 3.05) is 13.2 Å². The van der Waals surface area contributed by atoms with Crippen LogP contribution in [0.25, 0.3) is 0 Å². The second-order valence-corrected chi connectivity index (χ2v) is 24.0.